The molecule has 0 atom stereocenters. The molecule has 0 aliphatic heterocycles. The summed E-state index contributed by atoms with van der Waals surface area (Å²) in [5.41, 5.74) is 5.35. The molecule has 1 aliphatic rings. The normalized spacial score (nSPS) is 14.6. The maximum atomic E-state index is 11.6. The van der Waals surface area contributed by atoms with Gasteiger partial charge in [-0.25, -0.2) is 13.4 Å². The Morgan fingerprint density at radius 3 is 2.68 bits per heavy atom. The Kier molecular flexibility index (Phi) is 5.69. The van der Waals surface area contributed by atoms with Gasteiger partial charge in [-0.2, -0.15) is 4.40 Å². The van der Waals surface area contributed by atoms with Gasteiger partial charge in [0.2, 0.25) is 10.0 Å². The predicted molar refractivity (Wildman–Crippen MR) is 126 cm³/mol. The molecule has 7 heteroatoms. The van der Waals surface area contributed by atoms with Crippen molar-refractivity contribution < 1.29 is 13.2 Å². The topological polar surface area (TPSA) is 68.6 Å². The van der Waals surface area contributed by atoms with Crippen LogP contribution in [0.4, 0.5) is 0 Å². The standard InChI is InChI=1S/C24H22N2O3S2/c1-5-16-13-17(9-12-22(16)29-15(2)3)24-25-14-23(30-24)20-8-6-7-19-18(20)10-11-21(19)26-31(4,27)28/h1,6-9,12-15H,10-11H2,2-4H3/b26-21-. The Morgan fingerprint density at radius 2 is 1.97 bits per heavy atom. The van der Waals surface area contributed by atoms with Crippen molar-refractivity contribution in [1.29, 1.82) is 0 Å². The molecule has 0 radical (unpaired) electrons. The van der Waals surface area contributed by atoms with Crippen molar-refractivity contribution in [3.8, 4) is 39.1 Å². The summed E-state index contributed by atoms with van der Waals surface area (Å²) in [7, 11) is -3.43. The molecule has 1 heterocycles. The lowest BCUT2D eigenvalue weighted by Gasteiger charge is -2.12. The first-order valence-corrected chi connectivity index (χ1v) is 12.6. The number of hydrogen-bond donors (Lipinski definition) is 0. The van der Waals surface area contributed by atoms with Gasteiger partial charge in [-0.15, -0.1) is 17.8 Å². The second-order valence-electron chi connectivity index (χ2n) is 7.65. The maximum Gasteiger partial charge on any atom is 0.250 e. The first-order chi connectivity index (χ1) is 14.7. The summed E-state index contributed by atoms with van der Waals surface area (Å²) in [5.74, 6) is 3.39. The number of aromatic nitrogens is 1. The molecule has 0 unspecified atom stereocenters. The van der Waals surface area contributed by atoms with Crippen molar-refractivity contribution in [2.45, 2.75) is 32.8 Å². The molecule has 158 valence electrons. The zero-order chi connectivity index (χ0) is 22.2. The molecule has 0 saturated heterocycles. The van der Waals surface area contributed by atoms with Crippen LogP contribution in [0.15, 0.2) is 47.0 Å². The average molecular weight is 451 g/mol. The second kappa shape index (κ2) is 8.29. The van der Waals surface area contributed by atoms with Crippen LogP contribution in [0, 0.1) is 12.3 Å². The number of nitrogens with zero attached hydrogens (tertiary/aromatic N) is 2. The van der Waals surface area contributed by atoms with E-state index in [1.807, 2.05) is 56.4 Å². The molecule has 1 aromatic heterocycles. The lowest BCUT2D eigenvalue weighted by atomic mass is 10.0. The maximum absolute atomic E-state index is 11.6. The summed E-state index contributed by atoms with van der Waals surface area (Å²) in [6.07, 6.45) is 10.1. The summed E-state index contributed by atoms with van der Waals surface area (Å²) in [6, 6.07) is 11.7. The molecule has 0 bridgehead atoms. The third kappa shape index (κ3) is 4.55. The second-order valence-corrected chi connectivity index (χ2v) is 10.3. The number of hydrogen-bond acceptors (Lipinski definition) is 5. The summed E-state index contributed by atoms with van der Waals surface area (Å²) in [5, 5.41) is 0.864. The third-order valence-electron chi connectivity index (χ3n) is 4.89. The number of ether oxygens (including phenoxy) is 1. The Morgan fingerprint density at radius 1 is 1.19 bits per heavy atom. The van der Waals surface area contributed by atoms with Gasteiger partial charge in [-0.05, 0) is 56.0 Å². The van der Waals surface area contributed by atoms with Crippen molar-refractivity contribution in [3.05, 3.63) is 59.3 Å². The molecule has 0 amide bonds. The molecule has 3 aromatic rings. The average Bonchev–Trinajstić information content (AvgIpc) is 3.34. The van der Waals surface area contributed by atoms with E-state index in [2.05, 4.69) is 15.3 Å². The van der Waals surface area contributed by atoms with Crippen LogP contribution in [-0.4, -0.2) is 31.5 Å². The number of sulfonamides is 1. The van der Waals surface area contributed by atoms with Crippen LogP contribution in [0.3, 0.4) is 0 Å². The fourth-order valence-corrected chi connectivity index (χ4v) is 5.25. The minimum absolute atomic E-state index is 0.0423. The number of rotatable bonds is 5. The number of terminal acetylenes is 1. The van der Waals surface area contributed by atoms with E-state index in [1.54, 1.807) is 11.3 Å². The van der Waals surface area contributed by atoms with Crippen LogP contribution >= 0.6 is 11.3 Å². The molecule has 2 aromatic carbocycles. The molecule has 31 heavy (non-hydrogen) atoms. The Balaban J connectivity index is 1.70. The van der Waals surface area contributed by atoms with Gasteiger partial charge in [-0.3, -0.25) is 0 Å². The van der Waals surface area contributed by atoms with E-state index in [-0.39, 0.29) is 6.10 Å². The molecule has 1 aliphatic carbocycles. The van der Waals surface area contributed by atoms with Gasteiger partial charge in [0.05, 0.1) is 28.5 Å². The molecule has 0 N–H and O–H groups in total. The SMILES string of the molecule is C#Cc1cc(-c2ncc(-c3cccc4c3CC/C4=N/S(C)(=O)=O)s2)ccc1OC(C)C. The predicted octanol–water partition coefficient (Wildman–Crippen LogP) is 4.94. The van der Waals surface area contributed by atoms with Crippen LogP contribution in [0.25, 0.3) is 21.0 Å². The molecule has 0 fully saturated rings. The lowest BCUT2D eigenvalue weighted by Crippen LogP contribution is -2.06. The third-order valence-corrected chi connectivity index (χ3v) is 6.52. The summed E-state index contributed by atoms with van der Waals surface area (Å²) in [4.78, 5) is 5.64. The van der Waals surface area contributed by atoms with Crippen LogP contribution in [0.5, 0.6) is 5.75 Å². The Labute approximate surface area is 186 Å². The van der Waals surface area contributed by atoms with Crippen molar-refractivity contribution in [3.63, 3.8) is 0 Å². The molecular formula is C24H22N2O3S2. The Hall–Kier alpha value is -2.95. The van der Waals surface area contributed by atoms with Crippen molar-refractivity contribution in [2.75, 3.05) is 6.26 Å². The first kappa shape index (κ1) is 21.3. The van der Waals surface area contributed by atoms with E-state index in [4.69, 9.17) is 11.2 Å². The highest BCUT2D eigenvalue weighted by molar-refractivity contribution is 7.89. The zero-order valence-electron chi connectivity index (χ0n) is 17.5. The summed E-state index contributed by atoms with van der Waals surface area (Å²) < 4.78 is 33.0. The largest absolute Gasteiger partial charge is 0.490 e. The summed E-state index contributed by atoms with van der Waals surface area (Å²) >= 11 is 1.58. The van der Waals surface area contributed by atoms with Crippen molar-refractivity contribution >= 4 is 27.1 Å². The van der Waals surface area contributed by atoms with Gasteiger partial charge in [0.1, 0.15) is 10.8 Å². The quantitative estimate of drug-likeness (QED) is 0.516. The minimum atomic E-state index is -3.43. The smallest absolute Gasteiger partial charge is 0.250 e. The van der Waals surface area contributed by atoms with Crippen molar-refractivity contribution in [2.24, 2.45) is 4.40 Å². The van der Waals surface area contributed by atoms with Gasteiger partial charge in [0.15, 0.2) is 0 Å². The molecule has 5 nitrogen and oxygen atoms in total. The summed E-state index contributed by atoms with van der Waals surface area (Å²) in [6.45, 7) is 3.93. The van der Waals surface area contributed by atoms with Gasteiger partial charge in [0.25, 0.3) is 0 Å². The number of thiazole rings is 1. The fourth-order valence-electron chi connectivity index (χ4n) is 3.70. The highest BCUT2D eigenvalue weighted by atomic mass is 32.2. The highest BCUT2D eigenvalue weighted by Crippen LogP contribution is 2.38. The monoisotopic (exact) mass is 450 g/mol. The number of benzene rings is 2. The molecule has 4 rings (SSSR count). The Bertz CT molecular complexity index is 1330. The van der Waals surface area contributed by atoms with Gasteiger partial charge in [-0.1, -0.05) is 24.1 Å². The van der Waals surface area contributed by atoms with E-state index in [9.17, 15) is 8.42 Å². The van der Waals surface area contributed by atoms with E-state index in [1.165, 1.54) is 0 Å². The van der Waals surface area contributed by atoms with Gasteiger partial charge >= 0.3 is 0 Å². The van der Waals surface area contributed by atoms with E-state index >= 15 is 0 Å². The molecular weight excluding hydrogens is 428 g/mol. The minimum Gasteiger partial charge on any atom is -0.490 e. The van der Waals surface area contributed by atoms with Gasteiger partial charge in [0, 0.05) is 17.3 Å². The lowest BCUT2D eigenvalue weighted by molar-refractivity contribution is 0.242. The molecule has 0 spiro atoms. The molecule has 0 saturated carbocycles. The zero-order valence-corrected chi connectivity index (χ0v) is 19.2. The van der Waals surface area contributed by atoms with E-state index in [0.717, 1.165) is 44.8 Å². The van der Waals surface area contributed by atoms with Crippen molar-refractivity contribution in [1.82, 2.24) is 4.98 Å². The van der Waals surface area contributed by atoms with E-state index < -0.39 is 10.0 Å². The van der Waals surface area contributed by atoms with Crippen LogP contribution in [-0.2, 0) is 16.4 Å². The van der Waals surface area contributed by atoms with Crippen LogP contribution < -0.4 is 4.74 Å². The fraction of sp³-hybridized carbons (Fsp3) is 0.250. The highest BCUT2D eigenvalue weighted by Gasteiger charge is 2.23. The van der Waals surface area contributed by atoms with E-state index in [0.29, 0.717) is 23.4 Å². The first-order valence-electron chi connectivity index (χ1n) is 9.90. The van der Waals surface area contributed by atoms with Crippen LogP contribution in [0.1, 0.15) is 37.0 Å². The van der Waals surface area contributed by atoms with Gasteiger partial charge < -0.3 is 4.74 Å². The number of fused-ring (bicyclic) bond motifs is 1. The van der Waals surface area contributed by atoms with Crippen LogP contribution in [0.2, 0.25) is 0 Å².